The molecule has 0 fully saturated rings. The Balaban J connectivity index is 2.14. The highest BCUT2D eigenvalue weighted by molar-refractivity contribution is 8.04. The van der Waals surface area contributed by atoms with E-state index >= 15 is 0 Å². The van der Waals surface area contributed by atoms with Crippen LogP contribution in [0.15, 0.2) is 34.9 Å². The molecular formula is C13H12ClNO3S. The van der Waals surface area contributed by atoms with Crippen LogP contribution in [0.5, 0.6) is 0 Å². The highest BCUT2D eigenvalue weighted by Crippen LogP contribution is 2.30. The molecular weight excluding hydrogens is 286 g/mol. The minimum Gasteiger partial charge on any atom is -0.465 e. The van der Waals surface area contributed by atoms with Crippen LogP contribution >= 0.6 is 23.4 Å². The van der Waals surface area contributed by atoms with Crippen LogP contribution in [0.2, 0.25) is 5.02 Å². The van der Waals surface area contributed by atoms with Crippen molar-refractivity contribution < 1.29 is 14.3 Å². The first kappa shape index (κ1) is 14.0. The lowest BCUT2D eigenvalue weighted by Crippen LogP contribution is -2.24. The number of methoxy groups -OCH3 is 1. The maximum absolute atomic E-state index is 12.0. The Kier molecular flexibility index (Phi) is 4.50. The molecule has 1 aromatic rings. The molecule has 0 spiro atoms. The molecule has 1 N–H and O–H groups in total. The summed E-state index contributed by atoms with van der Waals surface area (Å²) in [6, 6.07) is 6.57. The van der Waals surface area contributed by atoms with Crippen LogP contribution in [0, 0.1) is 0 Å². The number of benzene rings is 1. The van der Waals surface area contributed by atoms with Crippen molar-refractivity contribution in [2.75, 3.05) is 12.9 Å². The number of hydrogen-bond donors (Lipinski definition) is 1. The number of thioether (sulfide) groups is 1. The molecule has 1 aliphatic heterocycles. The van der Waals surface area contributed by atoms with E-state index in [1.165, 1.54) is 18.9 Å². The molecule has 1 amide bonds. The van der Waals surface area contributed by atoms with Gasteiger partial charge in [0.25, 0.3) is 5.91 Å². The van der Waals surface area contributed by atoms with Gasteiger partial charge in [0, 0.05) is 22.0 Å². The summed E-state index contributed by atoms with van der Waals surface area (Å²) >= 11 is 7.16. The van der Waals surface area contributed by atoms with Crippen molar-refractivity contribution in [3.05, 3.63) is 45.5 Å². The summed E-state index contributed by atoms with van der Waals surface area (Å²) in [5.74, 6) is 0.102. The number of amides is 1. The zero-order valence-electron chi connectivity index (χ0n) is 10.2. The van der Waals surface area contributed by atoms with Crippen LogP contribution in [-0.2, 0) is 9.53 Å². The average molecular weight is 298 g/mol. The van der Waals surface area contributed by atoms with Crippen molar-refractivity contribution in [3.8, 4) is 0 Å². The number of rotatable bonds is 3. The van der Waals surface area contributed by atoms with E-state index in [0.717, 1.165) is 5.75 Å². The van der Waals surface area contributed by atoms with Crippen LogP contribution in [0.4, 0.5) is 0 Å². The molecule has 6 heteroatoms. The predicted octanol–water partition coefficient (Wildman–Crippen LogP) is 2.59. The van der Waals surface area contributed by atoms with Gasteiger partial charge in [0.15, 0.2) is 0 Å². The Bertz CT molecular complexity index is 539. The average Bonchev–Trinajstić information content (AvgIpc) is 2.86. The summed E-state index contributed by atoms with van der Waals surface area (Å²) in [6.07, 6.45) is 0.647. The first-order valence-corrected chi connectivity index (χ1v) is 6.99. The van der Waals surface area contributed by atoms with E-state index in [1.807, 2.05) is 0 Å². The monoisotopic (exact) mass is 297 g/mol. The third-order valence-electron chi connectivity index (χ3n) is 2.61. The number of carbonyl (C=O) groups excluding carboxylic acids is 2. The molecule has 0 aliphatic carbocycles. The topological polar surface area (TPSA) is 55.4 Å². The van der Waals surface area contributed by atoms with E-state index in [1.54, 1.807) is 24.3 Å². The van der Waals surface area contributed by atoms with Crippen LogP contribution < -0.4 is 5.32 Å². The fourth-order valence-corrected chi connectivity index (χ4v) is 2.83. The van der Waals surface area contributed by atoms with Crippen molar-refractivity contribution >= 4 is 35.2 Å². The van der Waals surface area contributed by atoms with Crippen LogP contribution in [0.3, 0.4) is 0 Å². The third-order valence-corrected chi connectivity index (χ3v) is 3.98. The number of ether oxygens (including phenoxy) is 1. The molecule has 100 valence electrons. The summed E-state index contributed by atoms with van der Waals surface area (Å²) < 4.78 is 4.68. The Morgan fingerprint density at radius 2 is 2.00 bits per heavy atom. The van der Waals surface area contributed by atoms with E-state index in [9.17, 15) is 9.59 Å². The Hall–Kier alpha value is -1.46. The lowest BCUT2D eigenvalue weighted by Gasteiger charge is -2.07. The van der Waals surface area contributed by atoms with Gasteiger partial charge < -0.3 is 10.1 Å². The first-order chi connectivity index (χ1) is 9.11. The van der Waals surface area contributed by atoms with Crippen LogP contribution in [0.1, 0.15) is 16.8 Å². The molecule has 1 aromatic carbocycles. The summed E-state index contributed by atoms with van der Waals surface area (Å²) in [5, 5.41) is 3.33. The lowest BCUT2D eigenvalue weighted by molar-refractivity contribution is -0.135. The molecule has 2 rings (SSSR count). The van der Waals surface area contributed by atoms with Crippen molar-refractivity contribution in [1.29, 1.82) is 0 Å². The SMILES string of the molecule is COC(=O)C1=C(NC(=O)c2ccc(Cl)cc2)CCS1. The number of carbonyl (C=O) groups is 2. The smallest absolute Gasteiger partial charge is 0.346 e. The standard InChI is InChI=1S/C13H12ClNO3S/c1-18-13(17)11-10(6-7-19-11)15-12(16)8-2-4-9(14)5-3-8/h2-5H,6-7H2,1H3,(H,15,16). The molecule has 0 aromatic heterocycles. The minimum absolute atomic E-state index is 0.254. The van der Waals surface area contributed by atoms with Crippen molar-refractivity contribution in [3.63, 3.8) is 0 Å². The minimum atomic E-state index is -0.408. The molecule has 0 atom stereocenters. The maximum atomic E-state index is 12.0. The fraction of sp³-hybridized carbons (Fsp3) is 0.231. The van der Waals surface area contributed by atoms with E-state index in [4.69, 9.17) is 11.6 Å². The summed E-state index contributed by atoms with van der Waals surface area (Å²) in [7, 11) is 1.33. The van der Waals surface area contributed by atoms with E-state index < -0.39 is 5.97 Å². The molecule has 0 bridgehead atoms. The Morgan fingerprint density at radius 1 is 1.32 bits per heavy atom. The van der Waals surface area contributed by atoms with Gasteiger partial charge >= 0.3 is 5.97 Å². The highest BCUT2D eigenvalue weighted by Gasteiger charge is 2.24. The lowest BCUT2D eigenvalue weighted by atomic mass is 10.2. The first-order valence-electron chi connectivity index (χ1n) is 5.63. The number of nitrogens with one attached hydrogen (secondary N) is 1. The number of hydrogen-bond acceptors (Lipinski definition) is 4. The summed E-state index contributed by atoms with van der Waals surface area (Å²) in [6.45, 7) is 0. The zero-order valence-corrected chi connectivity index (χ0v) is 11.8. The highest BCUT2D eigenvalue weighted by atomic mass is 35.5. The van der Waals surface area contributed by atoms with Crippen molar-refractivity contribution in [1.82, 2.24) is 5.32 Å². The molecule has 0 radical (unpaired) electrons. The molecule has 0 unspecified atom stereocenters. The van der Waals surface area contributed by atoms with Gasteiger partial charge in [-0.05, 0) is 30.7 Å². The van der Waals surface area contributed by atoms with E-state index in [2.05, 4.69) is 10.1 Å². The Labute approximate surface area is 120 Å². The molecule has 1 aliphatic rings. The van der Waals surface area contributed by atoms with Crippen molar-refractivity contribution in [2.45, 2.75) is 6.42 Å². The quantitative estimate of drug-likeness (QED) is 0.871. The van der Waals surface area contributed by atoms with Gasteiger partial charge in [0.05, 0.1) is 7.11 Å². The number of halogens is 1. The summed E-state index contributed by atoms with van der Waals surface area (Å²) in [4.78, 5) is 24.0. The van der Waals surface area contributed by atoms with Crippen LogP contribution in [0.25, 0.3) is 0 Å². The zero-order chi connectivity index (χ0) is 13.8. The summed E-state index contributed by atoms with van der Waals surface area (Å²) in [5.41, 5.74) is 1.12. The molecule has 19 heavy (non-hydrogen) atoms. The largest absolute Gasteiger partial charge is 0.465 e. The fourth-order valence-electron chi connectivity index (χ4n) is 1.66. The Morgan fingerprint density at radius 3 is 2.63 bits per heavy atom. The van der Waals surface area contributed by atoms with Gasteiger partial charge in [-0.15, -0.1) is 11.8 Å². The molecule has 0 saturated carbocycles. The normalized spacial score (nSPS) is 14.4. The van der Waals surface area contributed by atoms with Crippen LogP contribution in [-0.4, -0.2) is 24.7 Å². The van der Waals surface area contributed by atoms with E-state index in [0.29, 0.717) is 27.6 Å². The maximum Gasteiger partial charge on any atom is 0.346 e. The van der Waals surface area contributed by atoms with Gasteiger partial charge in [-0.2, -0.15) is 0 Å². The molecule has 4 nitrogen and oxygen atoms in total. The van der Waals surface area contributed by atoms with E-state index in [-0.39, 0.29) is 5.91 Å². The second-order valence-electron chi connectivity index (χ2n) is 3.86. The van der Waals surface area contributed by atoms with Gasteiger partial charge in [-0.3, -0.25) is 4.79 Å². The predicted molar refractivity (Wildman–Crippen MR) is 75.0 cm³/mol. The third kappa shape index (κ3) is 3.30. The second-order valence-corrected chi connectivity index (χ2v) is 5.40. The van der Waals surface area contributed by atoms with Gasteiger partial charge in [0.1, 0.15) is 4.91 Å². The molecule has 1 heterocycles. The second kappa shape index (κ2) is 6.12. The van der Waals surface area contributed by atoms with Gasteiger partial charge in [-0.1, -0.05) is 11.6 Å². The van der Waals surface area contributed by atoms with Crippen molar-refractivity contribution in [2.24, 2.45) is 0 Å². The van der Waals surface area contributed by atoms with Gasteiger partial charge in [0.2, 0.25) is 0 Å². The number of allylic oxidation sites excluding steroid dienone is 1. The number of esters is 1. The van der Waals surface area contributed by atoms with Gasteiger partial charge in [-0.25, -0.2) is 4.79 Å². The molecule has 0 saturated heterocycles.